The molecule has 1 aliphatic carbocycles. The lowest BCUT2D eigenvalue weighted by Crippen LogP contribution is -2.52. The Hall–Kier alpha value is -3.12. The summed E-state index contributed by atoms with van der Waals surface area (Å²) in [6, 6.07) is 3.18. The third-order valence-corrected chi connectivity index (χ3v) is 5.73. The second-order valence-corrected chi connectivity index (χ2v) is 8.43. The smallest absolute Gasteiger partial charge is 0.387 e. The van der Waals surface area contributed by atoms with Crippen molar-refractivity contribution in [3.05, 3.63) is 29.7 Å². The highest BCUT2D eigenvalue weighted by Gasteiger charge is 2.30. The monoisotopic (exact) mass is 515 g/mol. The van der Waals surface area contributed by atoms with Gasteiger partial charge >= 0.3 is 12.6 Å². The highest BCUT2D eigenvalue weighted by atomic mass is 35.5. The fourth-order valence-corrected chi connectivity index (χ4v) is 3.64. The van der Waals surface area contributed by atoms with Crippen molar-refractivity contribution in [3.8, 4) is 23.0 Å². The van der Waals surface area contributed by atoms with Crippen LogP contribution in [0.25, 0.3) is 11.5 Å². The number of halogens is 3. The second-order valence-electron chi connectivity index (χ2n) is 8.43. The molecule has 3 amide bonds. The average Bonchev–Trinajstić information content (AvgIpc) is 3.52. The topological polar surface area (TPSA) is 137 Å². The molecular weight excluding hydrogens is 488 g/mol. The van der Waals surface area contributed by atoms with Crippen LogP contribution in [0.1, 0.15) is 42.1 Å². The normalized spacial score (nSPS) is 16.6. The van der Waals surface area contributed by atoms with Gasteiger partial charge < -0.3 is 35.2 Å². The maximum absolute atomic E-state index is 13.2. The number of primary amides is 1. The molecule has 4 rings (SSSR count). The molecule has 2 fully saturated rings. The summed E-state index contributed by atoms with van der Waals surface area (Å²) in [6.45, 7) is 0.262. The van der Waals surface area contributed by atoms with Crippen molar-refractivity contribution in [2.24, 2.45) is 17.4 Å². The number of ether oxygens (including phenoxy) is 2. The van der Waals surface area contributed by atoms with Gasteiger partial charge in [-0.25, -0.2) is 9.78 Å². The zero-order chi connectivity index (χ0) is 24.4. The maximum Gasteiger partial charge on any atom is 0.387 e. The van der Waals surface area contributed by atoms with E-state index in [1.165, 1.54) is 23.1 Å². The summed E-state index contributed by atoms with van der Waals surface area (Å²) < 4.78 is 41.8. The first-order valence-electron chi connectivity index (χ1n) is 11.0. The molecule has 1 aromatic heterocycles. The van der Waals surface area contributed by atoms with E-state index >= 15 is 0 Å². The van der Waals surface area contributed by atoms with E-state index in [2.05, 4.69) is 9.72 Å². The van der Waals surface area contributed by atoms with Gasteiger partial charge in [0.25, 0.3) is 5.91 Å². The number of urea groups is 1. The van der Waals surface area contributed by atoms with Crippen LogP contribution in [0.2, 0.25) is 0 Å². The molecule has 1 saturated heterocycles. The van der Waals surface area contributed by atoms with Gasteiger partial charge in [-0.1, -0.05) is 0 Å². The number of hydrogen-bond acceptors (Lipinski definition) is 7. The van der Waals surface area contributed by atoms with Crippen molar-refractivity contribution in [3.63, 3.8) is 0 Å². The number of nitrogens with zero attached hydrogens (tertiary/aromatic N) is 3. The van der Waals surface area contributed by atoms with Crippen LogP contribution in [-0.2, 0) is 0 Å². The van der Waals surface area contributed by atoms with Crippen molar-refractivity contribution in [1.82, 2.24) is 14.8 Å². The zero-order valence-electron chi connectivity index (χ0n) is 19.1. The first-order chi connectivity index (χ1) is 16.2. The number of piperazine rings is 1. The zero-order valence-corrected chi connectivity index (χ0v) is 19.9. The van der Waals surface area contributed by atoms with E-state index in [1.54, 1.807) is 11.8 Å². The third-order valence-electron chi connectivity index (χ3n) is 5.73. The predicted molar refractivity (Wildman–Crippen MR) is 124 cm³/mol. The summed E-state index contributed by atoms with van der Waals surface area (Å²) in [5, 5.41) is 0. The van der Waals surface area contributed by atoms with Crippen molar-refractivity contribution >= 4 is 24.3 Å². The third kappa shape index (κ3) is 6.31. The molecule has 192 valence electrons. The van der Waals surface area contributed by atoms with Crippen LogP contribution in [0, 0.1) is 5.92 Å². The average molecular weight is 516 g/mol. The van der Waals surface area contributed by atoms with Gasteiger partial charge in [0, 0.05) is 31.7 Å². The number of rotatable bonds is 8. The van der Waals surface area contributed by atoms with Crippen LogP contribution >= 0.6 is 12.4 Å². The molecule has 35 heavy (non-hydrogen) atoms. The number of alkyl halides is 2. The molecule has 13 heteroatoms. The predicted octanol–water partition coefficient (Wildman–Crippen LogP) is 3.01. The Morgan fingerprint density at radius 2 is 1.83 bits per heavy atom. The largest absolute Gasteiger partial charge is 0.489 e. The number of amides is 3. The molecule has 1 atom stereocenters. The SMILES string of the molecule is C[C@H](N)c1oc(-c2ccc(OC(F)F)c(OCC3CC3)c2)nc1C(=O)N1CCN(C(N)=O)CC1.Cl. The van der Waals surface area contributed by atoms with Gasteiger partial charge in [0.15, 0.2) is 23.0 Å². The molecule has 1 aliphatic heterocycles. The Labute approximate surface area is 206 Å². The van der Waals surface area contributed by atoms with Crippen LogP contribution < -0.4 is 20.9 Å². The summed E-state index contributed by atoms with van der Waals surface area (Å²) in [7, 11) is 0. The standard InChI is InChI=1S/C22H27F2N5O5.ClH/c1-12(25)18-17(20(30)28-6-8-29(9-7-28)22(26)31)27-19(34-18)14-4-5-15(33-21(23)24)16(10-14)32-11-13-2-3-13;/h4-5,10,12-13,21H,2-3,6-9,11,25H2,1H3,(H2,26,31);1H/t12-;/m0./s1. The number of oxazole rings is 1. The molecule has 0 bridgehead atoms. The Morgan fingerprint density at radius 1 is 1.17 bits per heavy atom. The van der Waals surface area contributed by atoms with Crippen LogP contribution in [0.5, 0.6) is 11.5 Å². The summed E-state index contributed by atoms with van der Waals surface area (Å²) >= 11 is 0. The van der Waals surface area contributed by atoms with Gasteiger partial charge in [0.05, 0.1) is 12.6 Å². The molecule has 4 N–H and O–H groups in total. The molecule has 2 aromatic rings. The van der Waals surface area contributed by atoms with Crippen molar-refractivity contribution < 1.29 is 32.3 Å². The minimum atomic E-state index is -3.00. The van der Waals surface area contributed by atoms with Crippen LogP contribution in [-0.4, -0.2) is 66.1 Å². The van der Waals surface area contributed by atoms with Crippen LogP contribution in [0.3, 0.4) is 0 Å². The van der Waals surface area contributed by atoms with Gasteiger partial charge in [0.1, 0.15) is 0 Å². The van der Waals surface area contributed by atoms with E-state index in [0.717, 1.165) is 12.8 Å². The van der Waals surface area contributed by atoms with Gasteiger partial charge in [-0.2, -0.15) is 8.78 Å². The highest BCUT2D eigenvalue weighted by molar-refractivity contribution is 5.94. The lowest BCUT2D eigenvalue weighted by atomic mass is 10.2. The molecule has 0 spiro atoms. The summed E-state index contributed by atoms with van der Waals surface area (Å²) in [4.78, 5) is 31.9. The van der Waals surface area contributed by atoms with Gasteiger partial charge in [-0.05, 0) is 43.9 Å². The van der Waals surface area contributed by atoms with E-state index in [4.69, 9.17) is 20.6 Å². The van der Waals surface area contributed by atoms with Gasteiger partial charge in [0.2, 0.25) is 5.89 Å². The minimum absolute atomic E-state index is 0. The number of carbonyl (C=O) groups excluding carboxylic acids is 2. The fraction of sp³-hybridized carbons (Fsp3) is 0.500. The Balaban J connectivity index is 0.00000342. The summed E-state index contributed by atoms with van der Waals surface area (Å²) in [5.74, 6) is 0.364. The van der Waals surface area contributed by atoms with E-state index in [-0.39, 0.29) is 47.2 Å². The molecule has 2 aliphatic rings. The summed E-state index contributed by atoms with van der Waals surface area (Å²) in [6.07, 6.45) is 2.06. The first kappa shape index (κ1) is 26.5. The van der Waals surface area contributed by atoms with Crippen LogP contribution in [0.15, 0.2) is 22.6 Å². The lowest BCUT2D eigenvalue weighted by molar-refractivity contribution is -0.0515. The van der Waals surface area contributed by atoms with Gasteiger partial charge in [-0.15, -0.1) is 12.4 Å². The molecular formula is C22H28ClF2N5O5. The number of nitrogens with two attached hydrogens (primary N) is 2. The van der Waals surface area contributed by atoms with Crippen molar-refractivity contribution in [2.45, 2.75) is 32.4 Å². The van der Waals surface area contributed by atoms with E-state index in [0.29, 0.717) is 44.3 Å². The molecule has 2 heterocycles. The van der Waals surface area contributed by atoms with Crippen molar-refractivity contribution in [1.29, 1.82) is 0 Å². The van der Waals surface area contributed by atoms with Crippen molar-refractivity contribution in [2.75, 3.05) is 32.8 Å². The molecule has 10 nitrogen and oxygen atoms in total. The minimum Gasteiger partial charge on any atom is -0.489 e. The van der Waals surface area contributed by atoms with E-state index < -0.39 is 18.7 Å². The molecule has 1 aromatic carbocycles. The first-order valence-corrected chi connectivity index (χ1v) is 11.0. The Morgan fingerprint density at radius 3 is 2.40 bits per heavy atom. The number of hydrogen-bond donors (Lipinski definition) is 2. The Kier molecular flexibility index (Phi) is 8.39. The molecule has 1 saturated carbocycles. The maximum atomic E-state index is 13.2. The number of carbonyl (C=O) groups is 2. The van der Waals surface area contributed by atoms with E-state index in [1.807, 2.05) is 0 Å². The second kappa shape index (κ2) is 11.1. The van der Waals surface area contributed by atoms with Crippen LogP contribution in [0.4, 0.5) is 13.6 Å². The molecule has 0 radical (unpaired) electrons. The number of aromatic nitrogens is 1. The lowest BCUT2D eigenvalue weighted by Gasteiger charge is -2.33. The highest BCUT2D eigenvalue weighted by Crippen LogP contribution is 2.37. The molecule has 0 unspecified atom stereocenters. The van der Waals surface area contributed by atoms with E-state index in [9.17, 15) is 18.4 Å². The summed E-state index contributed by atoms with van der Waals surface area (Å²) in [5.41, 5.74) is 11.8. The quantitative estimate of drug-likeness (QED) is 0.551. The number of benzene rings is 1. The fourth-order valence-electron chi connectivity index (χ4n) is 3.64. The van der Waals surface area contributed by atoms with Gasteiger partial charge in [-0.3, -0.25) is 4.79 Å². The Bertz CT molecular complexity index is 1050.